The fraction of sp³-hybridized carbons (Fsp3) is 0.429. The summed E-state index contributed by atoms with van der Waals surface area (Å²) >= 11 is 6.99. The smallest absolute Gasteiger partial charge is 0.262 e. The van der Waals surface area contributed by atoms with Gasteiger partial charge in [-0.05, 0) is 37.2 Å². The minimum atomic E-state index is -0.0523. The number of thiazole rings is 1. The topological polar surface area (TPSA) is 74.2 Å². The van der Waals surface area contributed by atoms with Crippen molar-refractivity contribution in [3.63, 3.8) is 0 Å². The van der Waals surface area contributed by atoms with Crippen molar-refractivity contribution < 1.29 is 4.79 Å². The number of H-pyrrole nitrogens is 1. The number of carbonyl (C=O) groups is 1. The fourth-order valence-corrected chi connectivity index (χ4v) is 4.78. The molecule has 0 saturated carbocycles. The third kappa shape index (κ3) is 4.62. The summed E-state index contributed by atoms with van der Waals surface area (Å²) in [7, 11) is 0. The lowest BCUT2D eigenvalue weighted by Crippen LogP contribution is -2.48. The van der Waals surface area contributed by atoms with E-state index in [1.54, 1.807) is 15.9 Å². The zero-order chi connectivity index (χ0) is 20.9. The Labute approximate surface area is 184 Å². The molecule has 0 radical (unpaired) electrons. The number of benzene rings is 1. The van der Waals surface area contributed by atoms with E-state index in [1.165, 1.54) is 0 Å². The number of rotatable bonds is 7. The second kappa shape index (κ2) is 9.53. The number of para-hydroxylation sites is 1. The standard InChI is InChI=1S/C21H25N5O2S2/c27-18(24-11-13-25(14-12-24)21-22-9-15-30-21)8-2-1-5-10-26-19(28)16-6-3-4-7-17(16)23-20(26)29/h3-4,6-7,9,15H,1-2,5,8,10-14H2,(H,23,29). The van der Waals surface area contributed by atoms with Crippen LogP contribution in [0.1, 0.15) is 25.7 Å². The number of aromatic nitrogens is 3. The predicted octanol–water partition coefficient (Wildman–Crippen LogP) is 3.42. The molecular formula is C21H25N5O2S2. The van der Waals surface area contributed by atoms with Crippen molar-refractivity contribution in [3.8, 4) is 0 Å². The highest BCUT2D eigenvalue weighted by molar-refractivity contribution is 7.71. The molecule has 1 aliphatic rings. The molecule has 1 aromatic carbocycles. The van der Waals surface area contributed by atoms with E-state index in [2.05, 4.69) is 14.9 Å². The number of piperazine rings is 1. The molecule has 1 amide bonds. The highest BCUT2D eigenvalue weighted by Crippen LogP contribution is 2.19. The maximum Gasteiger partial charge on any atom is 0.262 e. The first-order valence-corrected chi connectivity index (χ1v) is 11.6. The average Bonchev–Trinajstić information content (AvgIpc) is 3.30. The second-order valence-corrected chi connectivity index (χ2v) is 8.69. The van der Waals surface area contributed by atoms with Crippen LogP contribution in [0.15, 0.2) is 40.6 Å². The number of unbranched alkanes of at least 4 members (excludes halogenated alkanes) is 2. The van der Waals surface area contributed by atoms with Crippen LogP contribution in [0.5, 0.6) is 0 Å². The van der Waals surface area contributed by atoms with E-state index in [0.717, 1.165) is 56.1 Å². The number of anilines is 1. The van der Waals surface area contributed by atoms with Crippen molar-refractivity contribution in [3.05, 3.63) is 51.0 Å². The Morgan fingerprint density at radius 2 is 1.93 bits per heavy atom. The first-order valence-electron chi connectivity index (χ1n) is 10.3. The SMILES string of the molecule is O=C(CCCCCn1c(=S)[nH]c2ccccc2c1=O)N1CCN(c2nccs2)CC1. The van der Waals surface area contributed by atoms with Gasteiger partial charge in [-0.2, -0.15) is 0 Å². The maximum absolute atomic E-state index is 12.6. The Bertz CT molecular complexity index is 1110. The third-order valence-corrected chi connectivity index (χ3v) is 6.64. The molecule has 2 aromatic heterocycles. The van der Waals surface area contributed by atoms with E-state index in [4.69, 9.17) is 12.2 Å². The van der Waals surface area contributed by atoms with Gasteiger partial charge < -0.3 is 14.8 Å². The average molecular weight is 444 g/mol. The zero-order valence-electron chi connectivity index (χ0n) is 16.7. The monoisotopic (exact) mass is 443 g/mol. The van der Waals surface area contributed by atoms with Gasteiger partial charge in [0.25, 0.3) is 5.56 Å². The summed E-state index contributed by atoms with van der Waals surface area (Å²) < 4.78 is 2.07. The molecule has 1 aliphatic heterocycles. The lowest BCUT2D eigenvalue weighted by atomic mass is 10.1. The van der Waals surface area contributed by atoms with Gasteiger partial charge in [-0.15, -0.1) is 11.3 Å². The lowest BCUT2D eigenvalue weighted by molar-refractivity contribution is -0.131. The minimum Gasteiger partial charge on any atom is -0.345 e. The van der Waals surface area contributed by atoms with Crippen LogP contribution in [0.3, 0.4) is 0 Å². The summed E-state index contributed by atoms with van der Waals surface area (Å²) in [6.07, 6.45) is 4.90. The van der Waals surface area contributed by atoms with E-state index in [0.29, 0.717) is 23.1 Å². The van der Waals surface area contributed by atoms with E-state index in [1.807, 2.05) is 40.7 Å². The van der Waals surface area contributed by atoms with Crippen LogP contribution < -0.4 is 10.5 Å². The van der Waals surface area contributed by atoms with Gasteiger partial charge in [0.1, 0.15) is 0 Å². The lowest BCUT2D eigenvalue weighted by Gasteiger charge is -2.34. The fourth-order valence-electron chi connectivity index (χ4n) is 3.80. The molecule has 0 unspecified atom stereocenters. The van der Waals surface area contributed by atoms with Gasteiger partial charge in [0, 0.05) is 50.7 Å². The summed E-state index contributed by atoms with van der Waals surface area (Å²) in [5.41, 5.74) is 0.716. The molecule has 9 heteroatoms. The second-order valence-electron chi connectivity index (χ2n) is 7.43. The van der Waals surface area contributed by atoms with Crippen LogP contribution in [0.2, 0.25) is 0 Å². The van der Waals surface area contributed by atoms with E-state index in [-0.39, 0.29) is 11.5 Å². The van der Waals surface area contributed by atoms with Crippen molar-refractivity contribution in [1.82, 2.24) is 19.4 Å². The van der Waals surface area contributed by atoms with Crippen molar-refractivity contribution in [2.24, 2.45) is 0 Å². The van der Waals surface area contributed by atoms with E-state index in [9.17, 15) is 9.59 Å². The maximum atomic E-state index is 12.6. The van der Waals surface area contributed by atoms with Crippen LogP contribution in [-0.2, 0) is 11.3 Å². The van der Waals surface area contributed by atoms with Gasteiger partial charge in [-0.3, -0.25) is 14.2 Å². The van der Waals surface area contributed by atoms with Crippen LogP contribution in [0, 0.1) is 4.77 Å². The summed E-state index contributed by atoms with van der Waals surface area (Å²) in [6, 6.07) is 7.41. The minimum absolute atomic E-state index is 0.0523. The Hall–Kier alpha value is -2.52. The first kappa shape index (κ1) is 20.7. The molecule has 1 N–H and O–H groups in total. The molecule has 0 atom stereocenters. The molecule has 4 rings (SSSR count). The van der Waals surface area contributed by atoms with Crippen molar-refractivity contribution in [1.29, 1.82) is 0 Å². The van der Waals surface area contributed by atoms with Gasteiger partial charge in [0.05, 0.1) is 10.9 Å². The van der Waals surface area contributed by atoms with Crippen LogP contribution in [0.4, 0.5) is 5.13 Å². The summed E-state index contributed by atoms with van der Waals surface area (Å²) in [5, 5.41) is 3.66. The number of aromatic amines is 1. The first-order chi connectivity index (χ1) is 14.6. The molecule has 3 aromatic rings. The van der Waals surface area contributed by atoms with Crippen LogP contribution >= 0.6 is 23.6 Å². The molecule has 1 saturated heterocycles. The molecule has 0 spiro atoms. The van der Waals surface area contributed by atoms with Gasteiger partial charge in [-0.25, -0.2) is 4.98 Å². The molecule has 3 heterocycles. The van der Waals surface area contributed by atoms with Gasteiger partial charge in [0.2, 0.25) is 5.91 Å². The number of nitrogens with one attached hydrogen (secondary N) is 1. The number of nitrogens with zero attached hydrogens (tertiary/aromatic N) is 4. The van der Waals surface area contributed by atoms with Gasteiger partial charge in [-0.1, -0.05) is 18.6 Å². The Kier molecular flexibility index (Phi) is 6.59. The van der Waals surface area contributed by atoms with Crippen molar-refractivity contribution >= 4 is 45.5 Å². The quantitative estimate of drug-likeness (QED) is 0.447. The zero-order valence-corrected chi connectivity index (χ0v) is 18.4. The number of fused-ring (bicyclic) bond motifs is 1. The van der Waals surface area contributed by atoms with Crippen molar-refractivity contribution in [2.45, 2.75) is 32.2 Å². The molecule has 158 valence electrons. The van der Waals surface area contributed by atoms with Crippen LogP contribution in [0.25, 0.3) is 10.9 Å². The number of carbonyl (C=O) groups excluding carboxylic acids is 1. The summed E-state index contributed by atoms with van der Waals surface area (Å²) in [5.74, 6) is 0.217. The molecule has 0 aliphatic carbocycles. The molecule has 30 heavy (non-hydrogen) atoms. The number of amides is 1. The van der Waals surface area contributed by atoms with Crippen molar-refractivity contribution in [2.75, 3.05) is 31.1 Å². The number of hydrogen-bond donors (Lipinski definition) is 1. The van der Waals surface area contributed by atoms with E-state index < -0.39 is 0 Å². The van der Waals surface area contributed by atoms with Gasteiger partial charge >= 0.3 is 0 Å². The molecular weight excluding hydrogens is 418 g/mol. The van der Waals surface area contributed by atoms with Crippen LogP contribution in [-0.4, -0.2) is 51.5 Å². The Morgan fingerprint density at radius 1 is 1.13 bits per heavy atom. The third-order valence-electron chi connectivity index (χ3n) is 5.48. The largest absolute Gasteiger partial charge is 0.345 e. The molecule has 7 nitrogen and oxygen atoms in total. The Balaban J connectivity index is 1.21. The summed E-state index contributed by atoms with van der Waals surface area (Å²) in [6.45, 7) is 3.74. The normalized spacial score (nSPS) is 14.4. The number of hydrogen-bond acceptors (Lipinski definition) is 6. The highest BCUT2D eigenvalue weighted by atomic mass is 32.1. The summed E-state index contributed by atoms with van der Waals surface area (Å²) in [4.78, 5) is 36.8. The molecule has 0 bridgehead atoms. The van der Waals surface area contributed by atoms with E-state index >= 15 is 0 Å². The molecule has 1 fully saturated rings. The predicted molar refractivity (Wildman–Crippen MR) is 123 cm³/mol. The van der Waals surface area contributed by atoms with Gasteiger partial charge in [0.15, 0.2) is 9.90 Å². The Morgan fingerprint density at radius 3 is 2.70 bits per heavy atom. The highest BCUT2D eigenvalue weighted by Gasteiger charge is 2.21.